The quantitative estimate of drug-likeness (QED) is 0.791. The van der Waals surface area contributed by atoms with Gasteiger partial charge in [-0.25, -0.2) is 0 Å². The van der Waals surface area contributed by atoms with Crippen LogP contribution < -0.4 is 14.5 Å². The molecule has 1 fully saturated rings. The van der Waals surface area contributed by atoms with Gasteiger partial charge < -0.3 is 24.4 Å². The van der Waals surface area contributed by atoms with Crippen molar-refractivity contribution in [1.82, 2.24) is 4.81 Å². The number of fused-ring (bicyclic) bond motifs is 1. The van der Waals surface area contributed by atoms with Crippen LogP contribution in [0, 0.1) is 0 Å². The Morgan fingerprint density at radius 2 is 1.83 bits per heavy atom. The van der Waals surface area contributed by atoms with Crippen LogP contribution in [0.25, 0.3) is 0 Å². The molecule has 2 aromatic carbocycles. The summed E-state index contributed by atoms with van der Waals surface area (Å²) in [4.78, 5) is 18.9. The summed E-state index contributed by atoms with van der Waals surface area (Å²) < 4.78 is 5.55. The van der Waals surface area contributed by atoms with Crippen molar-refractivity contribution >= 4 is 24.3 Å². The van der Waals surface area contributed by atoms with E-state index in [9.17, 15) is 9.82 Å². The first-order chi connectivity index (χ1) is 14.0. The third kappa shape index (κ3) is 4.26. The first-order valence-electron chi connectivity index (χ1n) is 10.3. The number of anilines is 2. The van der Waals surface area contributed by atoms with Crippen LogP contribution in [-0.4, -0.2) is 56.1 Å². The van der Waals surface area contributed by atoms with E-state index in [2.05, 4.69) is 21.8 Å². The maximum absolute atomic E-state index is 12.7. The molecule has 0 radical (unpaired) electrons. The Labute approximate surface area is 172 Å². The molecule has 1 N–H and O–H groups in total. The zero-order valence-corrected chi connectivity index (χ0v) is 17.2. The number of carbonyl (C=O) groups is 1. The molecule has 2 heterocycles. The van der Waals surface area contributed by atoms with Gasteiger partial charge in [0.05, 0.1) is 13.7 Å². The lowest BCUT2D eigenvalue weighted by Crippen LogP contribution is -2.51. The number of rotatable bonds is 5. The van der Waals surface area contributed by atoms with Crippen molar-refractivity contribution in [2.75, 3.05) is 43.1 Å². The Hall–Kier alpha value is -2.51. The molecule has 29 heavy (non-hydrogen) atoms. The number of benzene rings is 2. The fourth-order valence-corrected chi connectivity index (χ4v) is 4.24. The van der Waals surface area contributed by atoms with E-state index in [0.29, 0.717) is 13.0 Å². The second-order valence-electron chi connectivity index (χ2n) is 7.80. The smallest absolute Gasteiger partial charge is 0.376 e. The Morgan fingerprint density at radius 1 is 1.07 bits per heavy atom. The van der Waals surface area contributed by atoms with E-state index in [1.165, 1.54) is 5.56 Å². The lowest BCUT2D eigenvalue weighted by Gasteiger charge is -2.37. The van der Waals surface area contributed by atoms with Crippen LogP contribution in [0.1, 0.15) is 17.5 Å². The minimum Gasteiger partial charge on any atom is -0.497 e. The van der Waals surface area contributed by atoms with Crippen molar-refractivity contribution in [2.24, 2.45) is 0 Å². The predicted octanol–water partition coefficient (Wildman–Crippen LogP) is 2.41. The van der Waals surface area contributed by atoms with E-state index in [1.54, 1.807) is 7.11 Å². The van der Waals surface area contributed by atoms with Gasteiger partial charge in [0.2, 0.25) is 5.91 Å². The van der Waals surface area contributed by atoms with E-state index in [0.717, 1.165) is 55.3 Å². The van der Waals surface area contributed by atoms with Gasteiger partial charge in [0, 0.05) is 50.0 Å². The number of methoxy groups -OCH3 is 1. The molecule has 0 unspecified atom stereocenters. The highest BCUT2D eigenvalue weighted by Crippen LogP contribution is 2.31. The molecular formula is C22H28BN3O3. The number of hydrogen-bond acceptors (Lipinski definition) is 5. The number of hydrogen-bond donors (Lipinski definition) is 1. The molecule has 0 spiro atoms. The number of carbonyl (C=O) groups excluding carboxylic acids is 1. The van der Waals surface area contributed by atoms with E-state index in [1.807, 2.05) is 42.1 Å². The molecule has 6 nitrogen and oxygen atoms in total. The standard InChI is InChI=1S/C22H28BN3O3/c1-23(28)25-11-9-24(10-12-25)19-13-17(14-20(15-19)29-2)16-26-21-6-4-3-5-18(21)7-8-22(26)27/h3-6,13-15,28H,7-12,16H2,1-2H3. The Morgan fingerprint density at radius 3 is 2.55 bits per heavy atom. The van der Waals surface area contributed by atoms with Crippen molar-refractivity contribution in [3.05, 3.63) is 53.6 Å². The molecular weight excluding hydrogens is 365 g/mol. The average molecular weight is 393 g/mol. The first-order valence-corrected chi connectivity index (χ1v) is 10.3. The van der Waals surface area contributed by atoms with Gasteiger partial charge in [-0.05, 0) is 42.6 Å². The molecule has 2 aromatic rings. The van der Waals surface area contributed by atoms with Crippen LogP contribution in [0.2, 0.25) is 6.82 Å². The van der Waals surface area contributed by atoms with Crippen molar-refractivity contribution in [3.63, 3.8) is 0 Å². The second kappa shape index (κ2) is 8.47. The van der Waals surface area contributed by atoms with Gasteiger partial charge in [0.1, 0.15) is 5.75 Å². The number of nitrogens with zero attached hydrogens (tertiary/aromatic N) is 3. The number of ether oxygens (including phenoxy) is 1. The Balaban J connectivity index is 1.57. The summed E-state index contributed by atoms with van der Waals surface area (Å²) in [6.45, 7) is 5.69. The van der Waals surface area contributed by atoms with Crippen LogP contribution in [-0.2, 0) is 17.8 Å². The SMILES string of the molecule is COc1cc(CN2C(=O)CCc3ccccc32)cc(N2CCN(B(C)O)CC2)c1. The Bertz CT molecular complexity index is 881. The third-order valence-corrected chi connectivity index (χ3v) is 5.93. The summed E-state index contributed by atoms with van der Waals surface area (Å²) in [5, 5.41) is 9.80. The minimum absolute atomic E-state index is 0.165. The zero-order chi connectivity index (χ0) is 20.4. The molecule has 0 aliphatic carbocycles. The largest absolute Gasteiger partial charge is 0.497 e. The van der Waals surface area contributed by atoms with Gasteiger partial charge in [0.15, 0.2) is 0 Å². The van der Waals surface area contributed by atoms with Crippen molar-refractivity contribution < 1.29 is 14.6 Å². The number of amides is 1. The first kappa shape index (κ1) is 19.8. The van der Waals surface area contributed by atoms with Crippen LogP contribution >= 0.6 is 0 Å². The monoisotopic (exact) mass is 393 g/mol. The molecule has 152 valence electrons. The van der Waals surface area contributed by atoms with E-state index < -0.39 is 7.05 Å². The van der Waals surface area contributed by atoms with Crippen LogP contribution in [0.15, 0.2) is 42.5 Å². The van der Waals surface area contributed by atoms with Gasteiger partial charge in [-0.2, -0.15) is 0 Å². The Kier molecular flexibility index (Phi) is 5.78. The van der Waals surface area contributed by atoms with Gasteiger partial charge in [-0.3, -0.25) is 4.79 Å². The molecule has 1 amide bonds. The lowest BCUT2D eigenvalue weighted by atomic mass is 9.84. The molecule has 0 saturated carbocycles. The van der Waals surface area contributed by atoms with E-state index in [-0.39, 0.29) is 5.91 Å². The number of aryl methyl sites for hydroxylation is 1. The minimum atomic E-state index is -0.414. The molecule has 0 bridgehead atoms. The van der Waals surface area contributed by atoms with Crippen molar-refractivity contribution in [1.29, 1.82) is 0 Å². The molecule has 1 saturated heterocycles. The van der Waals surface area contributed by atoms with Gasteiger partial charge in [0.25, 0.3) is 0 Å². The van der Waals surface area contributed by atoms with Crippen LogP contribution in [0.5, 0.6) is 5.75 Å². The summed E-state index contributed by atoms with van der Waals surface area (Å²) in [6, 6.07) is 14.4. The maximum atomic E-state index is 12.7. The fraction of sp³-hybridized carbons (Fsp3) is 0.409. The molecule has 2 aliphatic heterocycles. The number of para-hydroxylation sites is 1. The molecule has 7 heteroatoms. The fourth-order valence-electron chi connectivity index (χ4n) is 4.24. The second-order valence-corrected chi connectivity index (χ2v) is 7.80. The predicted molar refractivity (Wildman–Crippen MR) is 117 cm³/mol. The van der Waals surface area contributed by atoms with Gasteiger partial charge in [-0.15, -0.1) is 0 Å². The molecule has 0 atom stereocenters. The topological polar surface area (TPSA) is 56.2 Å². The molecule has 4 rings (SSSR count). The summed E-state index contributed by atoms with van der Waals surface area (Å²) >= 11 is 0. The highest BCUT2D eigenvalue weighted by atomic mass is 16.5. The highest BCUT2D eigenvalue weighted by molar-refractivity contribution is 6.45. The summed E-state index contributed by atoms with van der Waals surface area (Å²) in [5.74, 6) is 0.965. The van der Waals surface area contributed by atoms with E-state index in [4.69, 9.17) is 4.74 Å². The van der Waals surface area contributed by atoms with Crippen molar-refractivity contribution in [3.8, 4) is 5.75 Å². The van der Waals surface area contributed by atoms with Gasteiger partial charge in [-0.1, -0.05) is 18.2 Å². The summed E-state index contributed by atoms with van der Waals surface area (Å²) in [5.41, 5.74) is 4.40. The summed E-state index contributed by atoms with van der Waals surface area (Å²) in [7, 11) is 1.26. The van der Waals surface area contributed by atoms with Gasteiger partial charge >= 0.3 is 7.05 Å². The maximum Gasteiger partial charge on any atom is 0.376 e. The molecule has 0 aromatic heterocycles. The summed E-state index contributed by atoms with van der Waals surface area (Å²) in [6.07, 6.45) is 1.36. The molecule has 2 aliphatic rings. The van der Waals surface area contributed by atoms with Crippen LogP contribution in [0.3, 0.4) is 0 Å². The average Bonchev–Trinajstić information content (AvgIpc) is 2.75. The third-order valence-electron chi connectivity index (χ3n) is 5.93. The lowest BCUT2D eigenvalue weighted by molar-refractivity contribution is -0.119. The highest BCUT2D eigenvalue weighted by Gasteiger charge is 2.25. The van der Waals surface area contributed by atoms with Crippen LogP contribution in [0.4, 0.5) is 11.4 Å². The normalized spacial score (nSPS) is 17.3. The zero-order valence-electron chi connectivity index (χ0n) is 17.2. The number of piperazine rings is 1. The van der Waals surface area contributed by atoms with Crippen molar-refractivity contribution in [2.45, 2.75) is 26.2 Å². The van der Waals surface area contributed by atoms with E-state index >= 15 is 0 Å².